The van der Waals surface area contributed by atoms with Crippen molar-refractivity contribution in [1.82, 2.24) is 0 Å². The van der Waals surface area contributed by atoms with Crippen LogP contribution in [0.15, 0.2) is 11.6 Å². The zero-order valence-electron chi connectivity index (χ0n) is 5.54. The summed E-state index contributed by atoms with van der Waals surface area (Å²) in [4.78, 5) is 0. The van der Waals surface area contributed by atoms with Crippen molar-refractivity contribution >= 4 is 23.1 Å². The molecule has 46 valence electrons. The van der Waals surface area contributed by atoms with E-state index in [4.69, 9.17) is 0 Å². The van der Waals surface area contributed by atoms with Crippen LogP contribution in [0.2, 0.25) is 0 Å². The van der Waals surface area contributed by atoms with Gasteiger partial charge in [0.05, 0.1) is 0 Å². The molecule has 0 N–H and O–H groups in total. The van der Waals surface area contributed by atoms with Crippen molar-refractivity contribution in [3.05, 3.63) is 11.6 Å². The van der Waals surface area contributed by atoms with Gasteiger partial charge >= 0.3 is 23.1 Å². The average Bonchev–Trinajstić information content (AvgIpc) is 1.38. The van der Waals surface area contributed by atoms with Crippen molar-refractivity contribution < 1.29 is 24.8 Å². The minimum atomic E-state index is 0. The van der Waals surface area contributed by atoms with Gasteiger partial charge in [-0.25, -0.2) is 0 Å². The molecular formula is C5H10Cl2Mg. The molecule has 3 heteroatoms. The molecule has 0 saturated heterocycles. The fraction of sp³-hybridized carbons (Fsp3) is 0.600. The van der Waals surface area contributed by atoms with Crippen LogP contribution in [-0.4, -0.2) is 23.1 Å². The van der Waals surface area contributed by atoms with Crippen molar-refractivity contribution in [3.8, 4) is 0 Å². The molecular weight excluding hydrogens is 155 g/mol. The monoisotopic (exact) mass is 164 g/mol. The topological polar surface area (TPSA) is 0 Å². The quantitative estimate of drug-likeness (QED) is 0.251. The van der Waals surface area contributed by atoms with Gasteiger partial charge in [-0.05, 0) is 20.8 Å². The number of halogens is 2. The van der Waals surface area contributed by atoms with Gasteiger partial charge in [-0.15, -0.1) is 0 Å². The van der Waals surface area contributed by atoms with E-state index >= 15 is 0 Å². The van der Waals surface area contributed by atoms with Crippen LogP contribution >= 0.6 is 0 Å². The van der Waals surface area contributed by atoms with Crippen LogP contribution < -0.4 is 24.8 Å². The van der Waals surface area contributed by atoms with E-state index in [0.29, 0.717) is 0 Å². The molecule has 0 fully saturated rings. The van der Waals surface area contributed by atoms with E-state index in [0.717, 1.165) is 0 Å². The van der Waals surface area contributed by atoms with Gasteiger partial charge in [-0.3, -0.25) is 0 Å². The Hall–Kier alpha value is 1.09. The van der Waals surface area contributed by atoms with Gasteiger partial charge in [-0.1, -0.05) is 11.6 Å². The molecule has 0 aromatic carbocycles. The second-order valence-electron chi connectivity index (χ2n) is 1.37. The van der Waals surface area contributed by atoms with Crippen molar-refractivity contribution in [2.24, 2.45) is 0 Å². The van der Waals surface area contributed by atoms with E-state index in [9.17, 15) is 0 Å². The van der Waals surface area contributed by atoms with Gasteiger partial charge in [0.15, 0.2) is 0 Å². The minimum absolute atomic E-state index is 0. The van der Waals surface area contributed by atoms with Crippen LogP contribution in [0.4, 0.5) is 0 Å². The normalized spacial score (nSPS) is 4.38. The molecule has 0 saturated carbocycles. The third-order valence-electron chi connectivity index (χ3n) is 0.577. The molecule has 0 aliphatic rings. The summed E-state index contributed by atoms with van der Waals surface area (Å²) in [7, 11) is 0. The maximum absolute atomic E-state index is 2.08. The Morgan fingerprint density at radius 2 is 1.25 bits per heavy atom. The fourth-order valence-corrected chi connectivity index (χ4v) is 0. The Balaban J connectivity index is -0.0000000267. The molecule has 0 aromatic heterocycles. The van der Waals surface area contributed by atoms with E-state index in [1.165, 1.54) is 5.57 Å². The minimum Gasteiger partial charge on any atom is -1.00 e. The molecule has 0 aliphatic heterocycles. The molecule has 0 nitrogen and oxygen atoms in total. The predicted octanol–water partition coefficient (Wildman–Crippen LogP) is -4.40. The zero-order valence-corrected chi connectivity index (χ0v) is 8.47. The van der Waals surface area contributed by atoms with Crippen LogP contribution in [0.5, 0.6) is 0 Å². The molecule has 0 spiro atoms. The summed E-state index contributed by atoms with van der Waals surface area (Å²) in [6.07, 6.45) is 2.08. The number of hydrogen-bond donors (Lipinski definition) is 0. The first kappa shape index (κ1) is 23.0. The van der Waals surface area contributed by atoms with E-state index in [2.05, 4.69) is 19.9 Å². The Morgan fingerprint density at radius 3 is 1.25 bits per heavy atom. The zero-order chi connectivity index (χ0) is 4.28. The first-order valence-electron chi connectivity index (χ1n) is 1.87. The fourth-order valence-electron chi connectivity index (χ4n) is 0. The molecule has 0 atom stereocenters. The first-order valence-corrected chi connectivity index (χ1v) is 1.87. The Morgan fingerprint density at radius 1 is 1.12 bits per heavy atom. The van der Waals surface area contributed by atoms with E-state index < -0.39 is 0 Å². The van der Waals surface area contributed by atoms with Crippen molar-refractivity contribution in [2.45, 2.75) is 20.8 Å². The molecule has 0 bridgehead atoms. The van der Waals surface area contributed by atoms with Gasteiger partial charge in [-0.2, -0.15) is 0 Å². The Bertz CT molecular complexity index is 48.4. The summed E-state index contributed by atoms with van der Waals surface area (Å²) < 4.78 is 0. The second kappa shape index (κ2) is 15.7. The molecule has 8 heavy (non-hydrogen) atoms. The maximum atomic E-state index is 2.08. The average molecular weight is 165 g/mol. The van der Waals surface area contributed by atoms with Gasteiger partial charge in [0.2, 0.25) is 0 Å². The molecule has 0 aromatic rings. The second-order valence-corrected chi connectivity index (χ2v) is 1.37. The Labute approximate surface area is 80.1 Å². The molecule has 0 unspecified atom stereocenters. The summed E-state index contributed by atoms with van der Waals surface area (Å²) in [5.41, 5.74) is 1.38. The van der Waals surface area contributed by atoms with Crippen molar-refractivity contribution in [3.63, 3.8) is 0 Å². The van der Waals surface area contributed by atoms with Gasteiger partial charge < -0.3 is 24.8 Å². The number of allylic oxidation sites excluding steroid dienone is 2. The molecule has 0 aliphatic carbocycles. The summed E-state index contributed by atoms with van der Waals surface area (Å²) >= 11 is 0. The maximum Gasteiger partial charge on any atom is 2.00 e. The van der Waals surface area contributed by atoms with Gasteiger partial charge in [0.25, 0.3) is 0 Å². The smallest absolute Gasteiger partial charge is 1.00 e. The van der Waals surface area contributed by atoms with Crippen LogP contribution in [-0.2, 0) is 0 Å². The predicted molar refractivity (Wildman–Crippen MR) is 30.9 cm³/mol. The first-order chi connectivity index (χ1) is 2.27. The van der Waals surface area contributed by atoms with Crippen molar-refractivity contribution in [1.29, 1.82) is 0 Å². The van der Waals surface area contributed by atoms with Crippen LogP contribution in [0.1, 0.15) is 20.8 Å². The third-order valence-corrected chi connectivity index (χ3v) is 0.577. The van der Waals surface area contributed by atoms with E-state index in [1.54, 1.807) is 0 Å². The summed E-state index contributed by atoms with van der Waals surface area (Å²) in [6, 6.07) is 0. The van der Waals surface area contributed by atoms with Crippen LogP contribution in [0, 0.1) is 0 Å². The van der Waals surface area contributed by atoms with Gasteiger partial charge in [0.1, 0.15) is 0 Å². The molecule has 0 heterocycles. The van der Waals surface area contributed by atoms with Gasteiger partial charge in [0, 0.05) is 0 Å². The standard InChI is InChI=1S/C5H10.2ClH.Mg/c1-4-5(2)3;;;/h4H,1-3H3;2*1H;/q;;;+2/p-2. The number of rotatable bonds is 0. The van der Waals surface area contributed by atoms with Crippen molar-refractivity contribution in [2.75, 3.05) is 0 Å². The van der Waals surface area contributed by atoms with Crippen LogP contribution in [0.25, 0.3) is 0 Å². The summed E-state index contributed by atoms with van der Waals surface area (Å²) in [6.45, 7) is 6.20. The van der Waals surface area contributed by atoms with E-state index in [1.807, 2.05) is 6.92 Å². The largest absolute Gasteiger partial charge is 2.00 e. The van der Waals surface area contributed by atoms with E-state index in [-0.39, 0.29) is 47.9 Å². The third kappa shape index (κ3) is 27.6. The van der Waals surface area contributed by atoms with Crippen LogP contribution in [0.3, 0.4) is 0 Å². The summed E-state index contributed by atoms with van der Waals surface area (Å²) in [5.74, 6) is 0. The molecule has 0 rings (SSSR count). The Kier molecular flexibility index (Phi) is 45.1. The SMILES string of the molecule is CC=C(C)C.[Cl-].[Cl-].[Mg+2]. The summed E-state index contributed by atoms with van der Waals surface area (Å²) in [5, 5.41) is 0. The molecule has 0 radical (unpaired) electrons. The number of hydrogen-bond acceptors (Lipinski definition) is 0. The molecule has 0 amide bonds.